The lowest BCUT2D eigenvalue weighted by Gasteiger charge is -2.13. The Bertz CT molecular complexity index is 377. The van der Waals surface area contributed by atoms with Gasteiger partial charge in [-0.25, -0.2) is 9.78 Å². The van der Waals surface area contributed by atoms with E-state index in [9.17, 15) is 9.59 Å². The Kier molecular flexibility index (Phi) is 7.16. The minimum Gasteiger partial charge on any atom is -0.481 e. The number of nitrogens with zero attached hydrogens (tertiary/aromatic N) is 1. The summed E-state index contributed by atoms with van der Waals surface area (Å²) in [7, 11) is 0. The van der Waals surface area contributed by atoms with Crippen LogP contribution in [0.15, 0.2) is 18.7 Å². The Morgan fingerprint density at radius 2 is 2.15 bits per heavy atom. The average molecular weight is 282 g/mol. The van der Waals surface area contributed by atoms with Crippen molar-refractivity contribution in [2.45, 2.75) is 51.1 Å². The Morgan fingerprint density at radius 1 is 1.35 bits per heavy atom. The highest BCUT2D eigenvalue weighted by molar-refractivity contribution is 5.77. The van der Waals surface area contributed by atoms with Gasteiger partial charge in [0.15, 0.2) is 0 Å². The maximum Gasteiger partial charge on any atom is 0.315 e. The molecule has 2 heterocycles. The normalized spacial score (nSPS) is 20.6. The highest BCUT2D eigenvalue weighted by atomic mass is 16.4. The SMILES string of the molecule is C[C@@H]1NC(=O)N[C@@H]1CCCCCC(=O)O.c1c[nH]cn1. The number of rotatable bonds is 6. The van der Waals surface area contributed by atoms with Crippen molar-refractivity contribution in [2.75, 3.05) is 0 Å². The molecule has 1 aromatic heterocycles. The van der Waals surface area contributed by atoms with E-state index in [2.05, 4.69) is 20.6 Å². The monoisotopic (exact) mass is 282 g/mol. The van der Waals surface area contributed by atoms with Gasteiger partial charge in [0.25, 0.3) is 0 Å². The van der Waals surface area contributed by atoms with Crippen molar-refractivity contribution in [3.63, 3.8) is 0 Å². The van der Waals surface area contributed by atoms with Gasteiger partial charge in [-0.15, -0.1) is 0 Å². The lowest BCUT2D eigenvalue weighted by Crippen LogP contribution is -2.30. The molecule has 7 heteroatoms. The van der Waals surface area contributed by atoms with E-state index in [4.69, 9.17) is 5.11 Å². The molecule has 0 unspecified atom stereocenters. The minimum atomic E-state index is -0.737. The van der Waals surface area contributed by atoms with Gasteiger partial charge < -0.3 is 20.7 Å². The minimum absolute atomic E-state index is 0.0990. The number of carbonyl (C=O) groups is 2. The Labute approximate surface area is 118 Å². The van der Waals surface area contributed by atoms with Gasteiger partial charge in [-0.2, -0.15) is 0 Å². The molecule has 1 aromatic rings. The summed E-state index contributed by atoms with van der Waals surface area (Å²) in [4.78, 5) is 27.6. The van der Waals surface area contributed by atoms with E-state index >= 15 is 0 Å². The van der Waals surface area contributed by atoms with Gasteiger partial charge in [0.1, 0.15) is 0 Å². The second-order valence-electron chi connectivity index (χ2n) is 4.77. The summed E-state index contributed by atoms with van der Waals surface area (Å²) in [5.41, 5.74) is 0. The first kappa shape index (κ1) is 16.0. The lowest BCUT2D eigenvalue weighted by atomic mass is 10.0. The molecule has 1 aliphatic rings. The van der Waals surface area contributed by atoms with E-state index in [-0.39, 0.29) is 24.5 Å². The van der Waals surface area contributed by atoms with Gasteiger partial charge in [0, 0.05) is 24.9 Å². The molecule has 4 N–H and O–H groups in total. The molecule has 2 rings (SSSR count). The van der Waals surface area contributed by atoms with Gasteiger partial charge in [-0.05, 0) is 19.8 Å². The topological polar surface area (TPSA) is 107 Å². The molecule has 2 amide bonds. The van der Waals surface area contributed by atoms with Crippen molar-refractivity contribution in [3.8, 4) is 0 Å². The van der Waals surface area contributed by atoms with Crippen LogP contribution in [0.3, 0.4) is 0 Å². The number of amides is 2. The number of unbranched alkanes of at least 4 members (excludes halogenated alkanes) is 2. The second-order valence-corrected chi connectivity index (χ2v) is 4.77. The van der Waals surface area contributed by atoms with Crippen molar-refractivity contribution in [2.24, 2.45) is 0 Å². The molecule has 0 aromatic carbocycles. The lowest BCUT2D eigenvalue weighted by molar-refractivity contribution is -0.137. The molecular weight excluding hydrogens is 260 g/mol. The molecule has 112 valence electrons. The average Bonchev–Trinajstić information content (AvgIpc) is 3.02. The summed E-state index contributed by atoms with van der Waals surface area (Å²) in [6.07, 6.45) is 8.83. The van der Waals surface area contributed by atoms with Gasteiger partial charge in [0.05, 0.1) is 12.4 Å². The molecule has 2 atom stereocenters. The molecule has 0 aliphatic carbocycles. The second kappa shape index (κ2) is 8.95. The third kappa shape index (κ3) is 6.77. The third-order valence-electron chi connectivity index (χ3n) is 3.09. The van der Waals surface area contributed by atoms with Crippen molar-refractivity contribution >= 4 is 12.0 Å². The number of urea groups is 1. The molecule has 1 fully saturated rings. The summed E-state index contributed by atoms with van der Waals surface area (Å²) in [6, 6.07) is 0.275. The first-order chi connectivity index (χ1) is 9.59. The van der Waals surface area contributed by atoms with Gasteiger partial charge in [-0.1, -0.05) is 12.8 Å². The van der Waals surface area contributed by atoms with Crippen molar-refractivity contribution < 1.29 is 14.7 Å². The zero-order valence-electron chi connectivity index (χ0n) is 11.6. The number of hydrogen-bond donors (Lipinski definition) is 4. The summed E-state index contributed by atoms with van der Waals surface area (Å²) in [5, 5.41) is 14.1. The maximum atomic E-state index is 10.9. The van der Waals surface area contributed by atoms with Gasteiger partial charge in [-0.3, -0.25) is 4.79 Å². The number of aromatic nitrogens is 2. The first-order valence-electron chi connectivity index (χ1n) is 6.81. The van der Waals surface area contributed by atoms with Crippen LogP contribution in [0.25, 0.3) is 0 Å². The van der Waals surface area contributed by atoms with Crippen molar-refractivity contribution in [1.82, 2.24) is 20.6 Å². The molecule has 1 aliphatic heterocycles. The van der Waals surface area contributed by atoms with E-state index < -0.39 is 5.97 Å². The fourth-order valence-corrected chi connectivity index (χ4v) is 2.00. The zero-order valence-corrected chi connectivity index (χ0v) is 11.6. The van der Waals surface area contributed by atoms with Crippen LogP contribution in [-0.4, -0.2) is 39.2 Å². The summed E-state index contributed by atoms with van der Waals surface area (Å²) in [6.45, 7) is 1.97. The Hall–Kier alpha value is -2.05. The van der Waals surface area contributed by atoms with Crippen molar-refractivity contribution in [1.29, 1.82) is 0 Å². The maximum absolute atomic E-state index is 10.9. The van der Waals surface area contributed by atoms with Gasteiger partial charge in [0.2, 0.25) is 0 Å². The molecule has 0 spiro atoms. The third-order valence-corrected chi connectivity index (χ3v) is 3.09. The number of carbonyl (C=O) groups excluding carboxylic acids is 1. The number of nitrogens with one attached hydrogen (secondary N) is 3. The highest BCUT2D eigenvalue weighted by Gasteiger charge is 2.26. The van der Waals surface area contributed by atoms with E-state index in [0.717, 1.165) is 25.7 Å². The van der Waals surface area contributed by atoms with Crippen LogP contribution in [0.2, 0.25) is 0 Å². The number of H-pyrrole nitrogens is 1. The fourth-order valence-electron chi connectivity index (χ4n) is 2.00. The van der Waals surface area contributed by atoms with Crippen LogP contribution in [0, 0.1) is 0 Å². The summed E-state index contributed by atoms with van der Waals surface area (Å²) < 4.78 is 0. The number of imidazole rings is 1. The van der Waals surface area contributed by atoms with E-state index in [1.807, 2.05) is 6.92 Å². The molecule has 0 radical (unpaired) electrons. The standard InChI is InChI=1S/C10H18N2O3.C3H4N2/c1-7-8(12-10(15)11-7)5-3-2-4-6-9(13)14;1-2-5-3-4-1/h7-8H,2-6H2,1H3,(H,13,14)(H2,11,12,15);1-3H,(H,4,5)/t7-,8+;/m0./s1. The molecular formula is C13H22N4O3. The number of carboxylic acids is 1. The molecule has 0 bridgehead atoms. The quantitative estimate of drug-likeness (QED) is 0.593. The molecule has 0 saturated carbocycles. The zero-order chi connectivity index (χ0) is 14.8. The van der Waals surface area contributed by atoms with E-state index in [1.54, 1.807) is 18.7 Å². The predicted molar refractivity (Wildman–Crippen MR) is 74.2 cm³/mol. The number of aliphatic carboxylic acids is 1. The van der Waals surface area contributed by atoms with Crippen LogP contribution in [0.1, 0.15) is 39.0 Å². The van der Waals surface area contributed by atoms with Crippen LogP contribution >= 0.6 is 0 Å². The van der Waals surface area contributed by atoms with Gasteiger partial charge >= 0.3 is 12.0 Å². The largest absolute Gasteiger partial charge is 0.481 e. The van der Waals surface area contributed by atoms with Crippen LogP contribution in [0.4, 0.5) is 4.79 Å². The predicted octanol–water partition coefficient (Wildman–Crippen LogP) is 1.50. The number of hydrogen-bond acceptors (Lipinski definition) is 3. The number of aromatic amines is 1. The van der Waals surface area contributed by atoms with Crippen LogP contribution < -0.4 is 10.6 Å². The Balaban J connectivity index is 0.000000333. The van der Waals surface area contributed by atoms with Crippen LogP contribution in [-0.2, 0) is 4.79 Å². The highest BCUT2D eigenvalue weighted by Crippen LogP contribution is 2.11. The molecule has 20 heavy (non-hydrogen) atoms. The molecule has 7 nitrogen and oxygen atoms in total. The Morgan fingerprint density at radius 3 is 2.60 bits per heavy atom. The van der Waals surface area contributed by atoms with Crippen molar-refractivity contribution in [3.05, 3.63) is 18.7 Å². The first-order valence-corrected chi connectivity index (χ1v) is 6.81. The number of carboxylic acid groups (broad SMARTS) is 1. The smallest absolute Gasteiger partial charge is 0.315 e. The van der Waals surface area contributed by atoms with E-state index in [1.165, 1.54) is 0 Å². The summed E-state index contributed by atoms with van der Waals surface area (Å²) >= 11 is 0. The van der Waals surface area contributed by atoms with E-state index in [0.29, 0.717) is 0 Å². The summed E-state index contributed by atoms with van der Waals surface area (Å²) in [5.74, 6) is -0.737. The fraction of sp³-hybridized carbons (Fsp3) is 0.615. The molecule has 1 saturated heterocycles. The van der Waals surface area contributed by atoms with Crippen LogP contribution in [0.5, 0.6) is 0 Å².